The van der Waals surface area contributed by atoms with Crippen LogP contribution in [0.15, 0.2) is 17.1 Å². The minimum atomic E-state index is -5.46. The summed E-state index contributed by atoms with van der Waals surface area (Å²) in [6.07, 6.45) is -12.6. The van der Waals surface area contributed by atoms with Crippen LogP contribution in [0.2, 0.25) is 0 Å². The second kappa shape index (κ2) is 10.3. The van der Waals surface area contributed by atoms with Gasteiger partial charge in [0, 0.05) is 6.20 Å². The molecular weight excluding hydrogens is 512 g/mol. The van der Waals surface area contributed by atoms with Crippen molar-refractivity contribution < 1.29 is 67.3 Å². The van der Waals surface area contributed by atoms with Crippen molar-refractivity contribution in [2.24, 2.45) is 0 Å². The van der Waals surface area contributed by atoms with Crippen LogP contribution in [-0.4, -0.2) is 101 Å². The van der Waals surface area contributed by atoms with Gasteiger partial charge in [0.1, 0.15) is 42.4 Å². The van der Waals surface area contributed by atoms with E-state index in [1.807, 2.05) is 0 Å². The monoisotopic (exact) mass is 535 g/mol. The van der Waals surface area contributed by atoms with Gasteiger partial charge in [0.15, 0.2) is 12.5 Å². The molecule has 2 saturated heterocycles. The molecule has 2 aliphatic heterocycles. The maximum absolute atomic E-state index is 12.1. The fourth-order valence-electron chi connectivity index (χ4n) is 3.06. The Morgan fingerprint density at radius 1 is 1.09 bits per heavy atom. The fraction of sp³-hybridized carbons (Fsp3) is 0.714. The van der Waals surface area contributed by atoms with Crippen LogP contribution < -0.4 is 11.4 Å². The number of nitrogen functional groups attached to an aromatic ring is 1. The lowest BCUT2D eigenvalue weighted by atomic mass is 10.1. The normalized spacial score (nSPS) is 37.7. The minimum Gasteiger partial charge on any atom is -0.388 e. The molecule has 0 amide bonds. The summed E-state index contributed by atoms with van der Waals surface area (Å²) in [5.74, 6) is -0.111. The highest BCUT2D eigenvalue weighted by molar-refractivity contribution is 7.61. The predicted octanol–water partition coefficient (Wildman–Crippen LogP) is -3.87. The highest BCUT2D eigenvalue weighted by Gasteiger charge is 2.47. The molecule has 20 heteroatoms. The number of phosphoric ester groups is 2. The first-order valence-corrected chi connectivity index (χ1v) is 12.4. The second-order valence-electron chi connectivity index (χ2n) is 7.26. The Morgan fingerprint density at radius 2 is 1.76 bits per heavy atom. The van der Waals surface area contributed by atoms with Gasteiger partial charge in [-0.05, 0) is 6.07 Å². The molecule has 1 aromatic heterocycles. The first-order chi connectivity index (χ1) is 15.7. The van der Waals surface area contributed by atoms with Crippen molar-refractivity contribution in [2.75, 3.05) is 18.9 Å². The number of rotatable bonds is 8. The molecular formula is C14H23N3O15P2. The Balaban J connectivity index is 1.59. The average molecular weight is 535 g/mol. The molecule has 34 heavy (non-hydrogen) atoms. The van der Waals surface area contributed by atoms with Crippen molar-refractivity contribution in [1.29, 1.82) is 0 Å². The van der Waals surface area contributed by atoms with Crippen molar-refractivity contribution >= 4 is 21.5 Å². The second-order valence-corrected chi connectivity index (χ2v) is 10.3. The van der Waals surface area contributed by atoms with Crippen LogP contribution in [0.25, 0.3) is 0 Å². The van der Waals surface area contributed by atoms with Crippen molar-refractivity contribution in [3.8, 4) is 0 Å². The van der Waals surface area contributed by atoms with Crippen molar-refractivity contribution in [2.45, 2.75) is 49.1 Å². The Bertz CT molecular complexity index is 1020. The van der Waals surface area contributed by atoms with Crippen LogP contribution in [0.3, 0.4) is 0 Å². The Hall–Kier alpha value is -1.34. The van der Waals surface area contributed by atoms with Gasteiger partial charge < -0.3 is 50.5 Å². The first kappa shape index (κ1) is 27.3. The highest BCUT2D eigenvalue weighted by Crippen LogP contribution is 2.61. The lowest BCUT2D eigenvalue weighted by Gasteiger charge is -2.35. The number of aromatic nitrogens is 2. The van der Waals surface area contributed by atoms with Crippen LogP contribution >= 0.6 is 15.6 Å². The zero-order valence-corrected chi connectivity index (χ0v) is 18.7. The number of aliphatic hydroxyl groups excluding tert-OH is 5. The van der Waals surface area contributed by atoms with Gasteiger partial charge in [-0.25, -0.2) is 13.9 Å². The van der Waals surface area contributed by atoms with E-state index in [9.17, 15) is 49.2 Å². The molecule has 10 atom stereocenters. The van der Waals surface area contributed by atoms with Crippen molar-refractivity contribution in [3.63, 3.8) is 0 Å². The third kappa shape index (κ3) is 6.26. The van der Waals surface area contributed by atoms with Gasteiger partial charge in [-0.3, -0.25) is 13.6 Å². The van der Waals surface area contributed by atoms with E-state index in [1.54, 1.807) is 0 Å². The van der Waals surface area contributed by atoms with Crippen molar-refractivity contribution in [3.05, 3.63) is 22.7 Å². The number of hydrogen-bond acceptors (Lipinski definition) is 15. The molecule has 0 saturated carbocycles. The highest BCUT2D eigenvalue weighted by atomic mass is 31.3. The lowest BCUT2D eigenvalue weighted by molar-refractivity contribution is -0.245. The quantitative estimate of drug-likeness (QED) is 0.148. The van der Waals surface area contributed by atoms with E-state index in [4.69, 9.17) is 15.2 Å². The summed E-state index contributed by atoms with van der Waals surface area (Å²) in [6, 6.07) is 1.22. The molecule has 9 N–H and O–H groups in total. The summed E-state index contributed by atoms with van der Waals surface area (Å²) in [7, 11) is -10.9. The topological polar surface area (TPSA) is 283 Å². The Labute approximate surface area is 189 Å². The van der Waals surface area contributed by atoms with Gasteiger partial charge in [-0.15, -0.1) is 0 Å². The van der Waals surface area contributed by atoms with Crippen LogP contribution in [0.4, 0.5) is 5.82 Å². The maximum Gasteiger partial charge on any atom is 0.483 e. The number of ether oxygens (including phenoxy) is 2. The first-order valence-electron chi connectivity index (χ1n) is 9.43. The Morgan fingerprint density at radius 3 is 2.41 bits per heavy atom. The van der Waals surface area contributed by atoms with Crippen LogP contribution in [0, 0.1) is 0 Å². The summed E-state index contributed by atoms with van der Waals surface area (Å²) in [4.78, 5) is 34.8. The van der Waals surface area contributed by atoms with E-state index in [0.29, 0.717) is 0 Å². The molecule has 18 nitrogen and oxygen atoms in total. The maximum atomic E-state index is 12.1. The zero-order valence-electron chi connectivity index (χ0n) is 17.0. The van der Waals surface area contributed by atoms with E-state index in [-0.39, 0.29) is 5.82 Å². The van der Waals surface area contributed by atoms with Crippen LogP contribution in [0.1, 0.15) is 6.23 Å². The smallest absolute Gasteiger partial charge is 0.388 e. The molecule has 1 aromatic rings. The summed E-state index contributed by atoms with van der Waals surface area (Å²) in [6.45, 7) is -1.56. The van der Waals surface area contributed by atoms with Gasteiger partial charge in [0.05, 0.1) is 13.2 Å². The SMILES string of the molecule is Nc1ccn(C2OC(COP(=O)(O)OP(=O)(O)OC3OCC(O)C(O)C3O)C(O)C2O)c(=O)n1. The van der Waals surface area contributed by atoms with E-state index in [0.717, 1.165) is 10.8 Å². The summed E-state index contributed by atoms with van der Waals surface area (Å²) in [5.41, 5.74) is 4.45. The largest absolute Gasteiger partial charge is 0.483 e. The molecule has 10 unspecified atom stereocenters. The summed E-state index contributed by atoms with van der Waals surface area (Å²) >= 11 is 0. The van der Waals surface area contributed by atoms with Crippen LogP contribution in [0.5, 0.6) is 0 Å². The van der Waals surface area contributed by atoms with E-state index in [2.05, 4.69) is 18.3 Å². The third-order valence-electron chi connectivity index (χ3n) is 4.76. The number of phosphoric acid groups is 2. The van der Waals surface area contributed by atoms with Gasteiger partial charge in [-0.2, -0.15) is 9.29 Å². The fourth-order valence-corrected chi connectivity index (χ4v) is 5.23. The number of anilines is 1. The van der Waals surface area contributed by atoms with Gasteiger partial charge in [0.2, 0.25) is 0 Å². The molecule has 0 radical (unpaired) electrons. The molecule has 0 spiro atoms. The molecule has 194 valence electrons. The Kier molecular flexibility index (Phi) is 8.28. The number of hydrogen-bond donors (Lipinski definition) is 8. The molecule has 3 rings (SSSR count). The van der Waals surface area contributed by atoms with Gasteiger partial charge in [-0.1, -0.05) is 0 Å². The van der Waals surface area contributed by atoms with Gasteiger partial charge >= 0.3 is 21.3 Å². The minimum absolute atomic E-state index is 0.111. The standard InChI is InChI=1S/C14H23N3O15P2/c15-7-1-2-17(14(23)16-7)12-10(21)9(20)6(30-12)4-29-33(24,25)32-34(26,27)31-13-11(22)8(19)5(18)3-28-13/h1-2,5-6,8-13,18-22H,3-4H2,(H,24,25)(H,26,27)(H2,15,16,23). The molecule has 0 aromatic carbocycles. The molecule has 2 aliphatic rings. The molecule has 3 heterocycles. The van der Waals surface area contributed by atoms with Gasteiger partial charge in [0.25, 0.3) is 0 Å². The molecule has 2 fully saturated rings. The van der Waals surface area contributed by atoms with E-state index < -0.39 is 83.7 Å². The zero-order chi connectivity index (χ0) is 25.4. The number of nitrogens with two attached hydrogens (primary N) is 1. The van der Waals surface area contributed by atoms with E-state index >= 15 is 0 Å². The molecule has 0 aliphatic carbocycles. The van der Waals surface area contributed by atoms with E-state index in [1.165, 1.54) is 6.07 Å². The van der Waals surface area contributed by atoms with Crippen LogP contribution in [-0.2, 0) is 32.0 Å². The van der Waals surface area contributed by atoms with Crippen molar-refractivity contribution in [1.82, 2.24) is 9.55 Å². The molecule has 0 bridgehead atoms. The predicted molar refractivity (Wildman–Crippen MR) is 104 cm³/mol. The number of nitrogens with zero attached hydrogens (tertiary/aromatic N) is 2. The third-order valence-corrected chi connectivity index (χ3v) is 7.36. The summed E-state index contributed by atoms with van der Waals surface area (Å²) in [5, 5.41) is 48.9. The average Bonchev–Trinajstić information content (AvgIpc) is 3.00. The number of aliphatic hydroxyl groups is 5. The summed E-state index contributed by atoms with van der Waals surface area (Å²) < 4.78 is 47.9. The lowest BCUT2D eigenvalue weighted by Crippen LogP contribution is -2.53.